The Kier molecular flexibility index (Phi) is 35.4. The molecule has 6 unspecified atom stereocenters. The molecule has 0 aliphatic carbocycles. The van der Waals surface area contributed by atoms with Gasteiger partial charge < -0.3 is 39.4 Å². The normalized spacial score (nSPS) is 20.9. The molecule has 1 rings (SSSR count). The zero-order valence-corrected chi connectivity index (χ0v) is 35.0. The highest BCUT2D eigenvalue weighted by molar-refractivity contribution is 5.69. The van der Waals surface area contributed by atoms with Crippen molar-refractivity contribution in [3.63, 3.8) is 0 Å². The molecule has 1 aliphatic rings. The van der Waals surface area contributed by atoms with Gasteiger partial charge in [-0.1, -0.05) is 174 Å². The van der Waals surface area contributed by atoms with Gasteiger partial charge in [-0.2, -0.15) is 0 Å². The van der Waals surface area contributed by atoms with Gasteiger partial charge in [0.1, 0.15) is 30.5 Å². The van der Waals surface area contributed by atoms with Crippen molar-refractivity contribution in [1.29, 1.82) is 0 Å². The van der Waals surface area contributed by atoms with Crippen molar-refractivity contribution in [3.05, 3.63) is 12.2 Å². The van der Waals surface area contributed by atoms with Crippen LogP contribution in [-0.4, -0.2) is 89.6 Å². The molecular weight excluding hydrogens is 684 g/mol. The lowest BCUT2D eigenvalue weighted by atomic mass is 9.99. The summed E-state index contributed by atoms with van der Waals surface area (Å²) < 4.78 is 22.8. The fraction of sp³-hybridized carbons (Fsp3) is 0.933. The van der Waals surface area contributed by atoms with E-state index in [0.717, 1.165) is 44.9 Å². The predicted octanol–water partition coefficient (Wildman–Crippen LogP) is 10.0. The number of aliphatic hydroxyl groups excluding tert-OH is 4. The quantitative estimate of drug-likeness (QED) is 0.0274. The molecule has 0 amide bonds. The third-order valence-corrected chi connectivity index (χ3v) is 10.7. The lowest BCUT2D eigenvalue weighted by Gasteiger charge is -2.39. The van der Waals surface area contributed by atoms with Crippen LogP contribution in [0, 0.1) is 0 Å². The summed E-state index contributed by atoms with van der Waals surface area (Å²) in [5, 5.41) is 40.1. The summed E-state index contributed by atoms with van der Waals surface area (Å²) in [5.74, 6) is -0.320. The Morgan fingerprint density at radius 3 is 1.54 bits per heavy atom. The van der Waals surface area contributed by atoms with Crippen LogP contribution in [-0.2, 0) is 23.7 Å². The Morgan fingerprint density at radius 2 is 1.02 bits per heavy atom. The zero-order chi connectivity index (χ0) is 39.3. The van der Waals surface area contributed by atoms with Crippen LogP contribution in [0.1, 0.15) is 206 Å². The molecule has 9 nitrogen and oxygen atoms in total. The van der Waals surface area contributed by atoms with E-state index in [1.54, 1.807) is 0 Å². The van der Waals surface area contributed by atoms with E-state index in [2.05, 4.69) is 26.0 Å². The first kappa shape index (κ1) is 50.9. The van der Waals surface area contributed by atoms with Crippen LogP contribution in [0.5, 0.6) is 0 Å². The summed E-state index contributed by atoms with van der Waals surface area (Å²) in [6.45, 7) is 4.56. The van der Waals surface area contributed by atoms with E-state index < -0.39 is 43.4 Å². The average Bonchev–Trinajstić information content (AvgIpc) is 3.17. The first-order chi connectivity index (χ1) is 26.4. The number of hydrogen-bond donors (Lipinski definition) is 4. The van der Waals surface area contributed by atoms with Crippen LogP contribution < -0.4 is 0 Å². The Labute approximate surface area is 331 Å². The molecule has 9 heteroatoms. The number of allylic oxidation sites excluding steroid dienone is 2. The molecule has 1 saturated heterocycles. The molecule has 0 spiro atoms. The molecule has 0 aromatic rings. The van der Waals surface area contributed by atoms with E-state index in [1.807, 2.05) is 0 Å². The van der Waals surface area contributed by atoms with E-state index in [9.17, 15) is 25.2 Å². The number of hydrogen-bond acceptors (Lipinski definition) is 9. The third kappa shape index (κ3) is 28.3. The molecule has 0 bridgehead atoms. The van der Waals surface area contributed by atoms with Crippen molar-refractivity contribution >= 4 is 5.97 Å². The lowest BCUT2D eigenvalue weighted by molar-refractivity contribution is -0.305. The SMILES string of the molecule is CCCCC/C=C\CCCCCCCC(=O)OC(COCCCCCCCCCCCCCCCCCCCCC)COC1OC(CO)C(O)C(O)C1O. The number of aliphatic hydroxyl groups is 4. The minimum absolute atomic E-state index is 0.112. The van der Waals surface area contributed by atoms with Gasteiger partial charge in [-0.25, -0.2) is 0 Å². The summed E-state index contributed by atoms with van der Waals surface area (Å²) >= 11 is 0. The first-order valence-electron chi connectivity index (χ1n) is 22.8. The third-order valence-electron chi connectivity index (χ3n) is 10.7. The molecule has 4 N–H and O–H groups in total. The summed E-state index contributed by atoms with van der Waals surface area (Å²) in [5.41, 5.74) is 0. The Balaban J connectivity index is 2.22. The number of esters is 1. The fourth-order valence-corrected chi connectivity index (χ4v) is 7.08. The first-order valence-corrected chi connectivity index (χ1v) is 22.8. The topological polar surface area (TPSA) is 135 Å². The van der Waals surface area contributed by atoms with E-state index in [1.165, 1.54) is 141 Å². The number of rotatable bonds is 39. The number of unbranched alkanes of at least 4 members (excludes halogenated alkanes) is 26. The van der Waals surface area contributed by atoms with Crippen LogP contribution in [0.4, 0.5) is 0 Å². The molecule has 0 radical (unpaired) electrons. The van der Waals surface area contributed by atoms with Crippen LogP contribution in [0.15, 0.2) is 12.2 Å². The van der Waals surface area contributed by atoms with Gasteiger partial charge in [0.05, 0.1) is 19.8 Å². The smallest absolute Gasteiger partial charge is 0.306 e. The second kappa shape index (κ2) is 37.5. The monoisotopic (exact) mass is 771 g/mol. The Hall–Kier alpha value is -1.07. The molecule has 1 fully saturated rings. The fourth-order valence-electron chi connectivity index (χ4n) is 7.08. The van der Waals surface area contributed by atoms with E-state index in [4.69, 9.17) is 18.9 Å². The van der Waals surface area contributed by atoms with Gasteiger partial charge in [-0.05, 0) is 38.5 Å². The summed E-state index contributed by atoms with van der Waals surface area (Å²) in [4.78, 5) is 12.7. The average molecular weight is 771 g/mol. The van der Waals surface area contributed by atoms with Crippen LogP contribution >= 0.6 is 0 Å². The van der Waals surface area contributed by atoms with Crippen LogP contribution in [0.2, 0.25) is 0 Å². The molecule has 1 heterocycles. The van der Waals surface area contributed by atoms with Crippen molar-refractivity contribution < 1.29 is 44.2 Å². The predicted molar refractivity (Wildman–Crippen MR) is 219 cm³/mol. The van der Waals surface area contributed by atoms with Gasteiger partial charge in [0.15, 0.2) is 6.29 Å². The molecule has 0 aromatic carbocycles. The van der Waals surface area contributed by atoms with E-state index >= 15 is 0 Å². The van der Waals surface area contributed by atoms with Crippen molar-refractivity contribution in [1.82, 2.24) is 0 Å². The number of carbonyl (C=O) groups is 1. The minimum atomic E-state index is -1.53. The van der Waals surface area contributed by atoms with Crippen molar-refractivity contribution in [2.75, 3.05) is 26.4 Å². The molecule has 320 valence electrons. The van der Waals surface area contributed by atoms with E-state index in [0.29, 0.717) is 13.0 Å². The number of carbonyl (C=O) groups excluding carboxylic acids is 1. The molecule has 6 atom stereocenters. The molecular formula is C45H86O9. The van der Waals surface area contributed by atoms with Crippen molar-refractivity contribution in [2.45, 2.75) is 243 Å². The minimum Gasteiger partial charge on any atom is -0.457 e. The highest BCUT2D eigenvalue weighted by atomic mass is 16.7. The highest BCUT2D eigenvalue weighted by Gasteiger charge is 2.44. The Morgan fingerprint density at radius 1 is 0.574 bits per heavy atom. The van der Waals surface area contributed by atoms with Crippen molar-refractivity contribution in [3.8, 4) is 0 Å². The second-order valence-corrected chi connectivity index (χ2v) is 15.9. The summed E-state index contributed by atoms with van der Waals surface area (Å²) in [6, 6.07) is 0. The maximum absolute atomic E-state index is 12.7. The van der Waals surface area contributed by atoms with Gasteiger partial charge in [-0.15, -0.1) is 0 Å². The van der Waals surface area contributed by atoms with Crippen LogP contribution in [0.3, 0.4) is 0 Å². The highest BCUT2D eigenvalue weighted by Crippen LogP contribution is 2.23. The molecule has 54 heavy (non-hydrogen) atoms. The Bertz CT molecular complexity index is 838. The van der Waals surface area contributed by atoms with Gasteiger partial charge in [0, 0.05) is 13.0 Å². The maximum Gasteiger partial charge on any atom is 0.306 e. The summed E-state index contributed by atoms with van der Waals surface area (Å²) in [6.07, 6.45) is 33.8. The standard InChI is InChI=1S/C45H86O9/c1-3-5-7-9-11-13-15-17-18-19-20-21-22-23-25-27-29-31-33-35-51-37-39(38-52-45-44(50)43(49)42(48)40(36-46)54-45)53-41(47)34-32-30-28-26-24-16-14-12-10-8-6-4-2/h12,14,39-40,42-46,48-50H,3-11,13,15-38H2,1-2H3/b14-12-. The zero-order valence-electron chi connectivity index (χ0n) is 35.0. The van der Waals surface area contributed by atoms with E-state index in [-0.39, 0.29) is 19.2 Å². The largest absolute Gasteiger partial charge is 0.457 e. The number of ether oxygens (including phenoxy) is 4. The van der Waals surface area contributed by atoms with Crippen molar-refractivity contribution in [2.24, 2.45) is 0 Å². The molecule has 1 aliphatic heterocycles. The van der Waals surface area contributed by atoms with Gasteiger partial charge >= 0.3 is 5.97 Å². The van der Waals surface area contributed by atoms with Crippen LogP contribution in [0.25, 0.3) is 0 Å². The van der Waals surface area contributed by atoms with Gasteiger partial charge in [0.25, 0.3) is 0 Å². The summed E-state index contributed by atoms with van der Waals surface area (Å²) in [7, 11) is 0. The van der Waals surface area contributed by atoms with Gasteiger partial charge in [0.2, 0.25) is 0 Å². The lowest BCUT2D eigenvalue weighted by Crippen LogP contribution is -2.59. The van der Waals surface area contributed by atoms with Gasteiger partial charge in [-0.3, -0.25) is 4.79 Å². The molecule has 0 saturated carbocycles. The molecule has 0 aromatic heterocycles. The second-order valence-electron chi connectivity index (χ2n) is 15.9. The maximum atomic E-state index is 12.7.